The van der Waals surface area contributed by atoms with Crippen LogP contribution in [0.3, 0.4) is 0 Å². The van der Waals surface area contributed by atoms with Gasteiger partial charge in [-0.1, -0.05) is 43.4 Å². The van der Waals surface area contributed by atoms with Crippen LogP contribution < -0.4 is 0 Å². The van der Waals surface area contributed by atoms with Gasteiger partial charge in [0.2, 0.25) is 0 Å². The maximum Gasteiger partial charge on any atom is 0.309 e. The molecule has 1 heterocycles. The maximum atomic E-state index is 11.1. The molecule has 3 heteroatoms. The van der Waals surface area contributed by atoms with Crippen LogP contribution in [-0.4, -0.2) is 16.5 Å². The number of ether oxygens (including phenoxy) is 1. The third-order valence-corrected chi connectivity index (χ3v) is 3.50. The Kier molecular flexibility index (Phi) is 2.46. The molecule has 1 fully saturated rings. The summed E-state index contributed by atoms with van der Waals surface area (Å²) in [5.41, 5.74) is 0.0122. The summed E-state index contributed by atoms with van der Waals surface area (Å²) in [5, 5.41) is 0. The van der Waals surface area contributed by atoms with Crippen molar-refractivity contribution in [3.05, 3.63) is 0 Å². The van der Waals surface area contributed by atoms with E-state index in [1.807, 2.05) is 6.92 Å². The van der Waals surface area contributed by atoms with Gasteiger partial charge in [0.15, 0.2) is 0 Å². The van der Waals surface area contributed by atoms with Gasteiger partial charge in [-0.3, -0.25) is 4.79 Å². The van der Waals surface area contributed by atoms with Crippen molar-refractivity contribution in [2.45, 2.75) is 26.9 Å². The highest BCUT2D eigenvalue weighted by atomic mass is 127. The molecule has 0 unspecified atom stereocenters. The number of halogens is 1. The van der Waals surface area contributed by atoms with Crippen molar-refractivity contribution in [3.8, 4) is 0 Å². The Morgan fingerprint density at radius 3 is 2.36 bits per heavy atom. The van der Waals surface area contributed by atoms with Crippen molar-refractivity contribution in [3.63, 3.8) is 0 Å². The summed E-state index contributed by atoms with van der Waals surface area (Å²) < 4.78 is 6.08. The molecular weight excluding hydrogens is 255 g/mol. The van der Waals surface area contributed by atoms with Crippen LogP contribution in [0.2, 0.25) is 0 Å². The molecule has 11 heavy (non-hydrogen) atoms. The standard InChI is InChI=1S/C8H13IO2/c1-5-7(10)11-6(4-9)8(5,2)3/h5-6H,4H2,1-3H3/t5-,6-/m1/s1. The molecule has 0 radical (unpaired) electrons. The fraction of sp³-hybridized carbons (Fsp3) is 0.875. The van der Waals surface area contributed by atoms with Gasteiger partial charge in [-0.25, -0.2) is 0 Å². The average molecular weight is 268 g/mol. The number of rotatable bonds is 1. The zero-order chi connectivity index (χ0) is 8.65. The molecule has 0 aromatic carbocycles. The monoisotopic (exact) mass is 268 g/mol. The van der Waals surface area contributed by atoms with Crippen LogP contribution in [0.25, 0.3) is 0 Å². The minimum absolute atomic E-state index is 0.0122. The van der Waals surface area contributed by atoms with Crippen molar-refractivity contribution < 1.29 is 9.53 Å². The van der Waals surface area contributed by atoms with Gasteiger partial charge in [-0.2, -0.15) is 0 Å². The second-order valence-corrected chi connectivity index (χ2v) is 4.50. The Morgan fingerprint density at radius 1 is 1.64 bits per heavy atom. The van der Waals surface area contributed by atoms with E-state index in [-0.39, 0.29) is 23.4 Å². The maximum absolute atomic E-state index is 11.1. The van der Waals surface area contributed by atoms with Crippen LogP contribution in [0, 0.1) is 11.3 Å². The summed E-state index contributed by atoms with van der Waals surface area (Å²) in [4.78, 5) is 11.1. The lowest BCUT2D eigenvalue weighted by Gasteiger charge is -2.24. The van der Waals surface area contributed by atoms with E-state index in [1.165, 1.54) is 0 Å². The van der Waals surface area contributed by atoms with Crippen molar-refractivity contribution in [2.75, 3.05) is 4.43 Å². The van der Waals surface area contributed by atoms with Gasteiger partial charge in [0.25, 0.3) is 0 Å². The first-order chi connectivity index (χ1) is 5.00. The second kappa shape index (κ2) is 2.92. The molecule has 0 N–H and O–H groups in total. The first kappa shape index (κ1) is 9.29. The molecule has 0 aliphatic carbocycles. The SMILES string of the molecule is C[C@@H]1C(=O)O[C@H](CI)C1(C)C. The Hall–Kier alpha value is 0.200. The molecule has 2 atom stereocenters. The molecule has 1 saturated heterocycles. The molecule has 2 nitrogen and oxygen atoms in total. The molecule has 0 spiro atoms. The van der Waals surface area contributed by atoms with Crippen LogP contribution in [0.15, 0.2) is 0 Å². The van der Waals surface area contributed by atoms with E-state index in [0.29, 0.717) is 0 Å². The molecule has 64 valence electrons. The Labute approximate surface area is 80.8 Å². The highest BCUT2D eigenvalue weighted by Crippen LogP contribution is 2.40. The van der Waals surface area contributed by atoms with Crippen LogP contribution in [0.1, 0.15) is 20.8 Å². The summed E-state index contributed by atoms with van der Waals surface area (Å²) in [6.45, 7) is 6.12. The number of carbonyl (C=O) groups excluding carboxylic acids is 1. The lowest BCUT2D eigenvalue weighted by Crippen LogP contribution is -2.30. The number of alkyl halides is 1. The molecular formula is C8H13IO2. The third-order valence-electron chi connectivity index (χ3n) is 2.70. The smallest absolute Gasteiger partial charge is 0.309 e. The molecule has 0 saturated carbocycles. The van der Waals surface area contributed by atoms with Gasteiger partial charge in [0.1, 0.15) is 6.10 Å². The third kappa shape index (κ3) is 1.39. The van der Waals surface area contributed by atoms with Crippen LogP contribution in [0.5, 0.6) is 0 Å². The van der Waals surface area contributed by atoms with E-state index in [2.05, 4.69) is 36.4 Å². The highest BCUT2D eigenvalue weighted by Gasteiger charge is 2.47. The number of esters is 1. The summed E-state index contributed by atoms with van der Waals surface area (Å²) >= 11 is 2.26. The lowest BCUT2D eigenvalue weighted by atomic mass is 9.78. The van der Waals surface area contributed by atoms with Crippen LogP contribution in [0.4, 0.5) is 0 Å². The molecule has 0 aromatic rings. The predicted molar refractivity (Wildman–Crippen MR) is 51.7 cm³/mol. The van der Waals surface area contributed by atoms with Crippen molar-refractivity contribution >= 4 is 28.6 Å². The number of carbonyl (C=O) groups is 1. The molecule has 1 aliphatic heterocycles. The normalized spacial score (nSPS) is 35.5. The van der Waals surface area contributed by atoms with Crippen molar-refractivity contribution in [1.29, 1.82) is 0 Å². The van der Waals surface area contributed by atoms with Crippen LogP contribution >= 0.6 is 22.6 Å². The minimum Gasteiger partial charge on any atom is -0.461 e. The van der Waals surface area contributed by atoms with Gasteiger partial charge in [-0.05, 0) is 0 Å². The summed E-state index contributed by atoms with van der Waals surface area (Å²) in [5.74, 6) is -0.000989. The molecule has 0 bridgehead atoms. The van der Waals surface area contributed by atoms with Gasteiger partial charge in [0.05, 0.1) is 5.92 Å². The molecule has 1 aliphatic rings. The fourth-order valence-electron chi connectivity index (χ4n) is 1.21. The minimum atomic E-state index is -0.0448. The fourth-order valence-corrected chi connectivity index (χ4v) is 2.52. The zero-order valence-corrected chi connectivity index (χ0v) is 9.21. The summed E-state index contributed by atoms with van der Waals surface area (Å²) in [6.07, 6.45) is 0.102. The second-order valence-electron chi connectivity index (χ2n) is 3.62. The van der Waals surface area contributed by atoms with Gasteiger partial charge >= 0.3 is 5.97 Å². The Bertz CT molecular complexity index is 177. The Morgan fingerprint density at radius 2 is 2.18 bits per heavy atom. The van der Waals surface area contributed by atoms with Crippen molar-refractivity contribution in [1.82, 2.24) is 0 Å². The average Bonchev–Trinajstić information content (AvgIpc) is 2.13. The Balaban J connectivity index is 2.82. The van der Waals surface area contributed by atoms with E-state index in [0.717, 1.165) is 4.43 Å². The number of hydrogen-bond donors (Lipinski definition) is 0. The molecule has 1 rings (SSSR count). The largest absolute Gasteiger partial charge is 0.461 e. The predicted octanol–water partition coefficient (Wildman–Crippen LogP) is 2.01. The van der Waals surface area contributed by atoms with Gasteiger partial charge in [0, 0.05) is 9.84 Å². The van der Waals surface area contributed by atoms with E-state index in [4.69, 9.17) is 4.74 Å². The van der Waals surface area contributed by atoms with Crippen LogP contribution in [-0.2, 0) is 9.53 Å². The quantitative estimate of drug-likeness (QED) is 0.413. The van der Waals surface area contributed by atoms with E-state index in [1.54, 1.807) is 0 Å². The molecule has 0 amide bonds. The first-order valence-corrected chi connectivity index (χ1v) is 5.29. The van der Waals surface area contributed by atoms with Gasteiger partial charge in [-0.15, -0.1) is 0 Å². The number of hydrogen-bond acceptors (Lipinski definition) is 2. The number of cyclic esters (lactones) is 1. The lowest BCUT2D eigenvalue weighted by molar-refractivity contribution is -0.143. The van der Waals surface area contributed by atoms with E-state index >= 15 is 0 Å². The van der Waals surface area contributed by atoms with E-state index in [9.17, 15) is 4.79 Å². The first-order valence-electron chi connectivity index (χ1n) is 3.76. The van der Waals surface area contributed by atoms with Gasteiger partial charge < -0.3 is 4.74 Å². The summed E-state index contributed by atoms with van der Waals surface area (Å²) in [7, 11) is 0. The van der Waals surface area contributed by atoms with Crippen molar-refractivity contribution in [2.24, 2.45) is 11.3 Å². The zero-order valence-electron chi connectivity index (χ0n) is 7.06. The topological polar surface area (TPSA) is 26.3 Å². The summed E-state index contributed by atoms with van der Waals surface area (Å²) in [6, 6.07) is 0. The molecule has 0 aromatic heterocycles. The highest BCUT2D eigenvalue weighted by molar-refractivity contribution is 14.1. The van der Waals surface area contributed by atoms with E-state index < -0.39 is 0 Å².